The summed E-state index contributed by atoms with van der Waals surface area (Å²) in [6.07, 6.45) is -2.17. The maximum Gasteiger partial charge on any atom is 0.410 e. The molecule has 0 radical (unpaired) electrons. The molecule has 0 bridgehead atoms. The predicted molar refractivity (Wildman–Crippen MR) is 139 cm³/mol. The minimum absolute atomic E-state index is 0. The molecular weight excluding hydrogens is 511 g/mol. The summed E-state index contributed by atoms with van der Waals surface area (Å²) < 4.78 is 10.3. The van der Waals surface area contributed by atoms with Crippen molar-refractivity contribution in [1.82, 2.24) is 9.80 Å². The number of β-amino-alcohol motifs (C(OH)–C–C–N with tert-alkyl or cyclic N) is 2. The molecule has 0 aliphatic carbocycles. The van der Waals surface area contributed by atoms with Crippen LogP contribution >= 0.6 is 24.8 Å². The van der Waals surface area contributed by atoms with Crippen LogP contribution in [-0.2, 0) is 22.7 Å². The number of aliphatic hydroxyl groups is 2. The molecule has 2 aliphatic rings. The lowest BCUT2D eigenvalue weighted by molar-refractivity contribution is 0.0967. The highest BCUT2D eigenvalue weighted by Gasteiger charge is 2.33. The molecule has 12 heteroatoms. The van der Waals surface area contributed by atoms with Crippen molar-refractivity contribution < 1.29 is 29.3 Å². The molecule has 2 saturated heterocycles. The SMILES string of the molecule is Cl.Cl.N[C@@H]1CN(C(=O)OCc2ccccc2)C[C@H]1O.N[C@H]1CN(C(=O)OCc2ccccc2)C[C@@H]1O. The second kappa shape index (κ2) is 15.5. The second-order valence-corrected chi connectivity index (χ2v) is 8.35. The van der Waals surface area contributed by atoms with E-state index in [1.54, 1.807) is 0 Å². The molecule has 6 N–H and O–H groups in total. The summed E-state index contributed by atoms with van der Waals surface area (Å²) >= 11 is 0. The van der Waals surface area contributed by atoms with E-state index in [2.05, 4.69) is 0 Å². The average Bonchev–Trinajstić information content (AvgIpc) is 3.38. The molecule has 0 saturated carbocycles. The van der Waals surface area contributed by atoms with Crippen molar-refractivity contribution >= 4 is 37.0 Å². The van der Waals surface area contributed by atoms with Crippen LogP contribution in [0, 0.1) is 0 Å². The third-order valence-electron chi connectivity index (χ3n) is 5.59. The van der Waals surface area contributed by atoms with Crippen LogP contribution in [0.15, 0.2) is 60.7 Å². The van der Waals surface area contributed by atoms with Gasteiger partial charge in [-0.15, -0.1) is 24.8 Å². The van der Waals surface area contributed by atoms with Crippen molar-refractivity contribution in [2.45, 2.75) is 37.5 Å². The maximum absolute atomic E-state index is 11.6. The molecule has 2 aliphatic heterocycles. The van der Waals surface area contributed by atoms with E-state index >= 15 is 0 Å². The minimum atomic E-state index is -0.653. The largest absolute Gasteiger partial charge is 0.445 e. The van der Waals surface area contributed by atoms with Crippen molar-refractivity contribution in [1.29, 1.82) is 0 Å². The van der Waals surface area contributed by atoms with Gasteiger partial charge in [0.15, 0.2) is 0 Å². The smallest absolute Gasteiger partial charge is 0.410 e. The summed E-state index contributed by atoms with van der Waals surface area (Å²) in [7, 11) is 0. The number of ether oxygens (including phenoxy) is 2. The van der Waals surface area contributed by atoms with Crippen molar-refractivity contribution in [2.24, 2.45) is 11.5 Å². The van der Waals surface area contributed by atoms with Gasteiger partial charge in [-0.05, 0) is 11.1 Å². The van der Waals surface area contributed by atoms with Crippen LogP contribution in [0.25, 0.3) is 0 Å². The number of hydrogen-bond acceptors (Lipinski definition) is 8. The van der Waals surface area contributed by atoms with Crippen LogP contribution in [0.1, 0.15) is 11.1 Å². The van der Waals surface area contributed by atoms with E-state index in [1.165, 1.54) is 9.80 Å². The Labute approximate surface area is 223 Å². The first kappa shape index (κ1) is 31.4. The van der Waals surface area contributed by atoms with E-state index in [9.17, 15) is 19.8 Å². The molecule has 2 amide bonds. The van der Waals surface area contributed by atoms with Crippen LogP contribution in [0.5, 0.6) is 0 Å². The second-order valence-electron chi connectivity index (χ2n) is 8.35. The van der Waals surface area contributed by atoms with Crippen molar-refractivity contribution in [2.75, 3.05) is 26.2 Å². The molecule has 0 spiro atoms. The average molecular weight is 545 g/mol. The predicted octanol–water partition coefficient (Wildman–Crippen LogP) is 1.50. The molecule has 2 aromatic rings. The van der Waals surface area contributed by atoms with Crippen molar-refractivity contribution in [3.8, 4) is 0 Å². The van der Waals surface area contributed by atoms with Gasteiger partial charge in [0.25, 0.3) is 0 Å². The van der Waals surface area contributed by atoms with Gasteiger partial charge in [0.2, 0.25) is 0 Å². The van der Waals surface area contributed by atoms with Gasteiger partial charge in [-0.3, -0.25) is 0 Å². The molecule has 0 aromatic heterocycles. The van der Waals surface area contributed by atoms with Crippen LogP contribution < -0.4 is 11.5 Å². The van der Waals surface area contributed by atoms with E-state index in [4.69, 9.17) is 20.9 Å². The topological polar surface area (TPSA) is 152 Å². The first-order chi connectivity index (χ1) is 16.3. The van der Waals surface area contributed by atoms with Gasteiger partial charge in [-0.2, -0.15) is 0 Å². The number of likely N-dealkylation sites (tertiary alicyclic amines) is 2. The summed E-state index contributed by atoms with van der Waals surface area (Å²) in [4.78, 5) is 26.2. The standard InChI is InChI=1S/2C12H16N2O3.2ClH/c2*13-10-6-14(7-11(10)15)12(16)17-8-9-4-2-1-3-5-9;;/h2*1-5,10-11,15H,6-8,13H2;2*1H/t2*10-,11-;;/m10../s1. The Bertz CT molecular complexity index is 832. The molecule has 2 aromatic carbocycles. The summed E-state index contributed by atoms with van der Waals surface area (Å²) in [6.45, 7) is 1.65. The highest BCUT2D eigenvalue weighted by Crippen LogP contribution is 2.12. The van der Waals surface area contributed by atoms with E-state index in [-0.39, 0.29) is 63.2 Å². The van der Waals surface area contributed by atoms with Crippen molar-refractivity contribution in [3.63, 3.8) is 0 Å². The Morgan fingerprint density at radius 1 is 0.694 bits per heavy atom. The van der Waals surface area contributed by atoms with Gasteiger partial charge in [0.1, 0.15) is 13.2 Å². The number of halogens is 2. The zero-order valence-corrected chi connectivity index (χ0v) is 21.4. The first-order valence-electron chi connectivity index (χ1n) is 11.1. The zero-order chi connectivity index (χ0) is 24.5. The number of aliphatic hydroxyl groups excluding tert-OH is 2. The lowest BCUT2D eigenvalue weighted by Crippen LogP contribution is -2.33. The summed E-state index contributed by atoms with van der Waals surface area (Å²) in [6, 6.07) is 18.2. The van der Waals surface area contributed by atoms with Crippen LogP contribution in [0.2, 0.25) is 0 Å². The molecule has 2 fully saturated rings. The van der Waals surface area contributed by atoms with Gasteiger partial charge in [0, 0.05) is 13.1 Å². The van der Waals surface area contributed by atoms with E-state index in [0.717, 1.165) is 11.1 Å². The number of benzene rings is 2. The Balaban J connectivity index is 0.000000341. The van der Waals surface area contributed by atoms with Gasteiger partial charge in [-0.25, -0.2) is 9.59 Å². The molecule has 10 nitrogen and oxygen atoms in total. The lowest BCUT2D eigenvalue weighted by atomic mass is 10.2. The summed E-state index contributed by atoms with van der Waals surface area (Å²) in [5, 5.41) is 18.9. The third kappa shape index (κ3) is 9.45. The Kier molecular flexibility index (Phi) is 13.5. The number of hydrogen-bond donors (Lipinski definition) is 4. The monoisotopic (exact) mass is 544 g/mol. The number of rotatable bonds is 4. The highest BCUT2D eigenvalue weighted by atomic mass is 35.5. The van der Waals surface area contributed by atoms with E-state index < -0.39 is 24.4 Å². The fourth-order valence-electron chi connectivity index (χ4n) is 3.54. The number of carbonyl (C=O) groups excluding carboxylic acids is 2. The van der Waals surface area contributed by atoms with Gasteiger partial charge in [-0.1, -0.05) is 60.7 Å². The summed E-state index contributed by atoms with van der Waals surface area (Å²) in [5.41, 5.74) is 13.1. The molecule has 36 heavy (non-hydrogen) atoms. The van der Waals surface area contributed by atoms with E-state index in [1.807, 2.05) is 60.7 Å². The van der Waals surface area contributed by atoms with Crippen LogP contribution in [0.4, 0.5) is 9.59 Å². The lowest BCUT2D eigenvalue weighted by Gasteiger charge is -2.15. The quantitative estimate of drug-likeness (QED) is 0.451. The molecular formula is C24H34Cl2N4O6. The Hall–Kier alpha value is -2.60. The number of nitrogens with two attached hydrogens (primary N) is 2. The van der Waals surface area contributed by atoms with E-state index in [0.29, 0.717) is 13.1 Å². The van der Waals surface area contributed by atoms with Gasteiger partial charge < -0.3 is 41.0 Å². The molecule has 2 heterocycles. The highest BCUT2D eigenvalue weighted by molar-refractivity contribution is 5.85. The minimum Gasteiger partial charge on any atom is -0.445 e. The normalized spacial score (nSPS) is 22.4. The Morgan fingerprint density at radius 2 is 1.03 bits per heavy atom. The first-order valence-corrected chi connectivity index (χ1v) is 11.1. The number of amides is 2. The van der Waals surface area contributed by atoms with Gasteiger partial charge in [0.05, 0.1) is 37.4 Å². The van der Waals surface area contributed by atoms with Crippen LogP contribution in [0.3, 0.4) is 0 Å². The molecule has 0 unspecified atom stereocenters. The van der Waals surface area contributed by atoms with Gasteiger partial charge >= 0.3 is 12.2 Å². The fraction of sp³-hybridized carbons (Fsp3) is 0.417. The maximum atomic E-state index is 11.6. The summed E-state index contributed by atoms with van der Waals surface area (Å²) in [5.74, 6) is 0. The molecule has 4 rings (SSSR count). The van der Waals surface area contributed by atoms with Crippen molar-refractivity contribution in [3.05, 3.63) is 71.8 Å². The number of nitrogens with zero attached hydrogens (tertiary/aromatic N) is 2. The Morgan fingerprint density at radius 3 is 1.31 bits per heavy atom. The van der Waals surface area contributed by atoms with Crippen LogP contribution in [-0.4, -0.2) is 82.7 Å². The molecule has 4 atom stereocenters. The zero-order valence-electron chi connectivity index (χ0n) is 19.7. The number of carbonyl (C=O) groups is 2. The third-order valence-corrected chi connectivity index (χ3v) is 5.59. The molecule has 200 valence electrons. The fourth-order valence-corrected chi connectivity index (χ4v) is 3.54.